The highest BCUT2D eigenvalue weighted by atomic mass is 32.1. The summed E-state index contributed by atoms with van der Waals surface area (Å²) in [5.74, 6) is 1.98. The molecule has 0 radical (unpaired) electrons. The number of hydrogen-bond donors (Lipinski definition) is 0. The fourth-order valence-corrected chi connectivity index (χ4v) is 9.75. The summed E-state index contributed by atoms with van der Waals surface area (Å²) in [6.45, 7) is 0. The molecule has 0 bridgehead atoms. The van der Waals surface area contributed by atoms with Crippen LogP contribution in [0.5, 0.6) is 0 Å². The van der Waals surface area contributed by atoms with Crippen molar-refractivity contribution in [3.8, 4) is 39.9 Å². The molecule has 56 heavy (non-hydrogen) atoms. The van der Waals surface area contributed by atoms with Gasteiger partial charge in [0, 0.05) is 53.3 Å². The van der Waals surface area contributed by atoms with Gasteiger partial charge in [-0.25, -0.2) is 15.0 Å². The Morgan fingerprint density at radius 1 is 0.357 bits per heavy atom. The van der Waals surface area contributed by atoms with E-state index in [-0.39, 0.29) is 0 Å². The van der Waals surface area contributed by atoms with E-state index in [0.29, 0.717) is 17.5 Å². The predicted octanol–water partition coefficient (Wildman–Crippen LogP) is 13.8. The van der Waals surface area contributed by atoms with Gasteiger partial charge in [0.25, 0.3) is 0 Å². The third-order valence-corrected chi connectivity index (χ3v) is 12.3. The Kier molecular flexibility index (Phi) is 6.76. The van der Waals surface area contributed by atoms with E-state index < -0.39 is 0 Å². The first-order valence-corrected chi connectivity index (χ1v) is 19.7. The van der Waals surface area contributed by atoms with Crippen LogP contribution in [-0.2, 0) is 0 Å². The molecule has 4 nitrogen and oxygen atoms in total. The van der Waals surface area contributed by atoms with E-state index in [9.17, 15) is 0 Å². The molecule has 0 aliphatic heterocycles. The van der Waals surface area contributed by atoms with Gasteiger partial charge in [0.1, 0.15) is 0 Å². The first-order chi connectivity index (χ1) is 27.7. The van der Waals surface area contributed by atoms with Gasteiger partial charge in [0.2, 0.25) is 0 Å². The van der Waals surface area contributed by atoms with E-state index in [1.165, 1.54) is 52.8 Å². The molecule has 0 saturated carbocycles. The van der Waals surface area contributed by atoms with Gasteiger partial charge in [0.05, 0.1) is 11.0 Å². The number of rotatable bonds is 4. The van der Waals surface area contributed by atoms with Crippen LogP contribution in [0.25, 0.3) is 114 Å². The Balaban J connectivity index is 1.12. The molecule has 9 aromatic carbocycles. The number of fused-ring (bicyclic) bond motifs is 9. The summed E-state index contributed by atoms with van der Waals surface area (Å²) in [4.78, 5) is 15.7. The fourth-order valence-electron chi connectivity index (χ4n) is 8.56. The molecule has 0 atom stereocenters. The second-order valence-electron chi connectivity index (χ2n) is 14.4. The predicted molar refractivity (Wildman–Crippen MR) is 236 cm³/mol. The van der Waals surface area contributed by atoms with Gasteiger partial charge in [-0.15, -0.1) is 11.3 Å². The Labute approximate surface area is 325 Å². The highest BCUT2D eigenvalue weighted by Gasteiger charge is 2.21. The lowest BCUT2D eigenvalue weighted by molar-refractivity contribution is 1.08. The van der Waals surface area contributed by atoms with Crippen molar-refractivity contribution in [2.75, 3.05) is 0 Å². The Morgan fingerprint density at radius 2 is 1.00 bits per heavy atom. The molecule has 260 valence electrons. The monoisotopic (exact) mass is 730 g/mol. The van der Waals surface area contributed by atoms with Crippen molar-refractivity contribution in [3.63, 3.8) is 0 Å². The first-order valence-electron chi connectivity index (χ1n) is 18.8. The third kappa shape index (κ3) is 4.81. The molecule has 0 unspecified atom stereocenters. The summed E-state index contributed by atoms with van der Waals surface area (Å²) in [5.41, 5.74) is 6.48. The minimum Gasteiger partial charge on any atom is -0.309 e. The Morgan fingerprint density at radius 3 is 1.82 bits per heavy atom. The van der Waals surface area contributed by atoms with Crippen LogP contribution in [0.15, 0.2) is 182 Å². The van der Waals surface area contributed by atoms with Crippen molar-refractivity contribution in [2.45, 2.75) is 0 Å². The van der Waals surface area contributed by atoms with Crippen molar-refractivity contribution >= 4 is 85.6 Å². The second kappa shape index (κ2) is 12.2. The minimum atomic E-state index is 0.653. The first kappa shape index (κ1) is 31.2. The maximum absolute atomic E-state index is 5.32. The maximum atomic E-state index is 5.32. The highest BCUT2D eigenvalue weighted by Crippen LogP contribution is 2.45. The lowest BCUT2D eigenvalue weighted by atomic mass is 9.97. The van der Waals surface area contributed by atoms with Gasteiger partial charge in [-0.05, 0) is 74.8 Å². The summed E-state index contributed by atoms with van der Waals surface area (Å²) in [6, 6.07) is 65.0. The smallest absolute Gasteiger partial charge is 0.165 e. The quantitative estimate of drug-likeness (QED) is 0.181. The minimum absolute atomic E-state index is 0.653. The number of aromatic nitrogens is 4. The molecule has 3 heterocycles. The van der Waals surface area contributed by atoms with E-state index in [1.807, 2.05) is 29.5 Å². The van der Waals surface area contributed by atoms with Gasteiger partial charge in [-0.2, -0.15) is 0 Å². The van der Waals surface area contributed by atoms with Crippen molar-refractivity contribution in [3.05, 3.63) is 182 Å². The van der Waals surface area contributed by atoms with Crippen LogP contribution in [0.3, 0.4) is 0 Å². The zero-order valence-corrected chi connectivity index (χ0v) is 30.8. The summed E-state index contributed by atoms with van der Waals surface area (Å²) in [5, 5.41) is 12.0. The lowest BCUT2D eigenvalue weighted by Gasteiger charge is -2.13. The number of para-hydroxylation sites is 1. The van der Waals surface area contributed by atoms with E-state index in [0.717, 1.165) is 43.9 Å². The van der Waals surface area contributed by atoms with E-state index in [4.69, 9.17) is 15.0 Å². The SMILES string of the molecule is c1ccc(-c2nc(-c3ccc4ccccc4c3)nc(-c3c4ccccc4cc4sc5cc(-n6c7ccccc7c7cc8ccccc8cc76)ccc5c34)n2)cc1. The standard InChI is InChI=1S/C51H30N4S/c1-2-13-32(14-3-1)49-52-50(37-23-22-31-12-4-5-15-33(31)26-37)54-51(53-49)48-39-19-9-8-18-36(39)29-46-47(48)41-25-24-38(30-45(41)56-46)55-43-21-11-10-20-40(43)42-27-34-16-6-7-17-35(34)28-44(42)55/h1-30H. The average molecular weight is 731 g/mol. The van der Waals surface area contributed by atoms with Crippen LogP contribution in [0.1, 0.15) is 0 Å². The summed E-state index contributed by atoms with van der Waals surface area (Å²) in [6.07, 6.45) is 0. The summed E-state index contributed by atoms with van der Waals surface area (Å²) >= 11 is 1.83. The van der Waals surface area contributed by atoms with E-state index >= 15 is 0 Å². The van der Waals surface area contributed by atoms with Crippen molar-refractivity contribution in [1.29, 1.82) is 0 Å². The molecule has 0 saturated heterocycles. The van der Waals surface area contributed by atoms with Crippen molar-refractivity contribution in [1.82, 2.24) is 19.5 Å². The molecule has 12 aromatic rings. The molecular weight excluding hydrogens is 701 g/mol. The number of thiophene rings is 1. The summed E-state index contributed by atoms with van der Waals surface area (Å²) < 4.78 is 4.84. The fraction of sp³-hybridized carbons (Fsp3) is 0. The zero-order chi connectivity index (χ0) is 36.7. The molecule has 0 aliphatic carbocycles. The average Bonchev–Trinajstić information content (AvgIpc) is 3.78. The molecule has 12 rings (SSSR count). The van der Waals surface area contributed by atoms with Gasteiger partial charge in [-0.1, -0.05) is 140 Å². The van der Waals surface area contributed by atoms with Crippen LogP contribution in [0.4, 0.5) is 0 Å². The molecular formula is C51H30N4S. The zero-order valence-electron chi connectivity index (χ0n) is 30.0. The second-order valence-corrected chi connectivity index (χ2v) is 15.5. The van der Waals surface area contributed by atoms with Crippen LogP contribution in [0, 0.1) is 0 Å². The van der Waals surface area contributed by atoms with E-state index in [1.54, 1.807) is 0 Å². The number of benzene rings is 9. The molecule has 0 N–H and O–H groups in total. The van der Waals surface area contributed by atoms with Gasteiger partial charge >= 0.3 is 0 Å². The Bertz CT molecular complexity index is 3540. The van der Waals surface area contributed by atoms with Crippen LogP contribution >= 0.6 is 11.3 Å². The van der Waals surface area contributed by atoms with Crippen LogP contribution in [0.2, 0.25) is 0 Å². The van der Waals surface area contributed by atoms with Gasteiger partial charge in [0.15, 0.2) is 17.5 Å². The molecule has 0 amide bonds. The number of hydrogen-bond acceptors (Lipinski definition) is 4. The van der Waals surface area contributed by atoms with Crippen LogP contribution in [-0.4, -0.2) is 19.5 Å². The van der Waals surface area contributed by atoms with Crippen LogP contribution < -0.4 is 0 Å². The van der Waals surface area contributed by atoms with Gasteiger partial charge in [-0.3, -0.25) is 0 Å². The van der Waals surface area contributed by atoms with Crippen molar-refractivity contribution in [2.24, 2.45) is 0 Å². The molecule has 3 aromatic heterocycles. The molecule has 5 heteroatoms. The normalized spacial score (nSPS) is 11.9. The van der Waals surface area contributed by atoms with E-state index in [2.05, 4.69) is 168 Å². The van der Waals surface area contributed by atoms with Crippen molar-refractivity contribution < 1.29 is 0 Å². The number of nitrogens with zero attached hydrogens (tertiary/aromatic N) is 4. The largest absolute Gasteiger partial charge is 0.309 e. The topological polar surface area (TPSA) is 43.6 Å². The lowest BCUT2D eigenvalue weighted by Crippen LogP contribution is -2.01. The van der Waals surface area contributed by atoms with Gasteiger partial charge < -0.3 is 4.57 Å². The maximum Gasteiger partial charge on any atom is 0.165 e. The molecule has 0 fully saturated rings. The highest BCUT2D eigenvalue weighted by molar-refractivity contribution is 7.26. The molecule has 0 aliphatic rings. The third-order valence-electron chi connectivity index (χ3n) is 11.2. The molecule has 0 spiro atoms. The summed E-state index contributed by atoms with van der Waals surface area (Å²) in [7, 11) is 0. The Hall–Kier alpha value is -7.21.